The van der Waals surface area contributed by atoms with Gasteiger partial charge in [0.2, 0.25) is 6.29 Å². The molecule has 0 amide bonds. The molecule has 0 spiro atoms. The average molecular weight is 794 g/mol. The number of amidine groups is 2. The summed E-state index contributed by atoms with van der Waals surface area (Å²) in [5.41, 5.74) is 14.6. The molecule has 9 aromatic carbocycles. The van der Waals surface area contributed by atoms with Gasteiger partial charge in [-0.3, -0.25) is 0 Å². The van der Waals surface area contributed by atoms with E-state index in [4.69, 9.17) is 9.98 Å². The van der Waals surface area contributed by atoms with E-state index in [1.54, 1.807) is 0 Å². The lowest BCUT2D eigenvalue weighted by atomic mass is 9.95. The van der Waals surface area contributed by atoms with Gasteiger partial charge < -0.3 is 14.5 Å². The van der Waals surface area contributed by atoms with Crippen molar-refractivity contribution in [3.63, 3.8) is 0 Å². The first-order valence-corrected chi connectivity index (χ1v) is 21.1. The fraction of sp³-hybridized carbons (Fsp3) is 0.0175. The lowest BCUT2D eigenvalue weighted by Crippen LogP contribution is -2.36. The van der Waals surface area contributed by atoms with Crippen LogP contribution in [0.3, 0.4) is 0 Å². The van der Waals surface area contributed by atoms with Crippen molar-refractivity contribution in [1.29, 1.82) is 0 Å². The van der Waals surface area contributed by atoms with Crippen LogP contribution in [-0.4, -0.2) is 20.8 Å². The molecule has 0 saturated carbocycles. The second-order valence-electron chi connectivity index (χ2n) is 15.8. The second kappa shape index (κ2) is 14.8. The molecule has 5 heteroatoms. The molecule has 12 rings (SSSR count). The number of aromatic nitrogens is 2. The third-order valence-electron chi connectivity index (χ3n) is 12.2. The Balaban J connectivity index is 1.14. The van der Waals surface area contributed by atoms with Gasteiger partial charge in [0, 0.05) is 43.8 Å². The fourth-order valence-corrected chi connectivity index (χ4v) is 9.40. The van der Waals surface area contributed by atoms with Crippen LogP contribution in [0.15, 0.2) is 234 Å². The Kier molecular flexibility index (Phi) is 8.49. The van der Waals surface area contributed by atoms with Crippen molar-refractivity contribution in [2.24, 2.45) is 9.98 Å². The summed E-state index contributed by atoms with van der Waals surface area (Å²) >= 11 is 0. The summed E-state index contributed by atoms with van der Waals surface area (Å²) < 4.78 is 4.89. The van der Waals surface area contributed by atoms with Gasteiger partial charge in [0.05, 0.1) is 27.8 Å². The summed E-state index contributed by atoms with van der Waals surface area (Å²) in [5.74, 6) is 1.45. The quantitative estimate of drug-likeness (QED) is 0.172. The summed E-state index contributed by atoms with van der Waals surface area (Å²) in [4.78, 5) is 10.7. The molecule has 0 bridgehead atoms. The van der Waals surface area contributed by atoms with Gasteiger partial charge in [-0.1, -0.05) is 206 Å². The highest BCUT2D eigenvalue weighted by molar-refractivity contribution is 6.26. The summed E-state index contributed by atoms with van der Waals surface area (Å²) in [5, 5.41) is 8.53. The molecule has 1 aliphatic heterocycles. The van der Waals surface area contributed by atoms with Gasteiger partial charge in [0.1, 0.15) is 5.84 Å². The predicted molar refractivity (Wildman–Crippen MR) is 258 cm³/mol. The maximum absolute atomic E-state index is 5.46. The van der Waals surface area contributed by atoms with E-state index >= 15 is 0 Å². The molecule has 62 heavy (non-hydrogen) atoms. The SMILES string of the molecule is c1ccc(C2=NC(c3ccc(-c4ccccc4)cc3)=NC(n3c4ccccc4c4c5c(ccc43)c3ccccc3n5-c3c(-c4ccccc4)cccc3-c3ccccc3)N2)cc1. The highest BCUT2D eigenvalue weighted by Crippen LogP contribution is 2.46. The van der Waals surface area contributed by atoms with Crippen molar-refractivity contribution in [2.75, 3.05) is 0 Å². The van der Waals surface area contributed by atoms with Crippen LogP contribution in [0, 0.1) is 0 Å². The summed E-state index contributed by atoms with van der Waals surface area (Å²) in [7, 11) is 0. The van der Waals surface area contributed by atoms with Crippen molar-refractivity contribution >= 4 is 55.3 Å². The first-order chi connectivity index (χ1) is 30.8. The van der Waals surface area contributed by atoms with Crippen LogP contribution in [-0.2, 0) is 0 Å². The standard InChI is InChI=1S/C57H39N5/c1-5-18-38(19-6-1)39-32-34-43(35-33-39)56-58-55(42-24-11-4-12-25-42)59-57(60-56)61-50-31-16-14-27-48(50)52-51(61)37-36-47-46-26-13-15-30-49(46)62(54(47)52)53-44(40-20-7-2-8-21-40)28-17-29-45(53)41-22-9-3-10-23-41/h1-37,57H,(H,58,59,60). The average Bonchev–Trinajstić information content (AvgIpc) is 3.87. The van der Waals surface area contributed by atoms with Crippen LogP contribution in [0.2, 0.25) is 0 Å². The maximum atomic E-state index is 5.46. The van der Waals surface area contributed by atoms with Crippen molar-refractivity contribution in [1.82, 2.24) is 14.5 Å². The smallest absolute Gasteiger partial charge is 0.204 e. The van der Waals surface area contributed by atoms with Gasteiger partial charge >= 0.3 is 0 Å². The Morgan fingerprint density at radius 2 is 0.887 bits per heavy atom. The third kappa shape index (κ3) is 5.86. The summed E-state index contributed by atoms with van der Waals surface area (Å²) in [6, 6.07) is 79.9. The molecule has 1 unspecified atom stereocenters. The van der Waals surface area contributed by atoms with Crippen LogP contribution in [0.5, 0.6) is 0 Å². The van der Waals surface area contributed by atoms with E-state index in [9.17, 15) is 0 Å². The lowest BCUT2D eigenvalue weighted by molar-refractivity contribution is 0.516. The van der Waals surface area contributed by atoms with Crippen molar-refractivity contribution in [3.05, 3.63) is 236 Å². The van der Waals surface area contributed by atoms with E-state index in [0.717, 1.165) is 55.7 Å². The van der Waals surface area contributed by atoms with Crippen LogP contribution in [0.25, 0.3) is 82.7 Å². The Morgan fingerprint density at radius 1 is 0.371 bits per heavy atom. The topological polar surface area (TPSA) is 46.6 Å². The molecule has 0 fully saturated rings. The van der Waals surface area contributed by atoms with E-state index < -0.39 is 6.29 Å². The molecule has 1 atom stereocenters. The van der Waals surface area contributed by atoms with Crippen LogP contribution in [0.1, 0.15) is 17.4 Å². The van der Waals surface area contributed by atoms with E-state index in [1.165, 1.54) is 44.0 Å². The fourth-order valence-electron chi connectivity index (χ4n) is 9.40. The Hall–Kier alpha value is -8.28. The Morgan fingerprint density at radius 3 is 1.53 bits per heavy atom. The van der Waals surface area contributed by atoms with Crippen LogP contribution < -0.4 is 5.32 Å². The lowest BCUT2D eigenvalue weighted by Gasteiger charge is -2.26. The zero-order valence-corrected chi connectivity index (χ0v) is 33.7. The minimum absolute atomic E-state index is 0.499. The van der Waals surface area contributed by atoms with E-state index in [0.29, 0.717) is 5.84 Å². The molecule has 1 aliphatic rings. The summed E-state index contributed by atoms with van der Waals surface area (Å²) in [6.45, 7) is 0. The molecule has 5 nitrogen and oxygen atoms in total. The monoisotopic (exact) mass is 793 g/mol. The van der Waals surface area contributed by atoms with Gasteiger partial charge in [-0.15, -0.1) is 0 Å². The number of hydrogen-bond acceptors (Lipinski definition) is 3. The molecule has 292 valence electrons. The zero-order chi connectivity index (χ0) is 41.0. The maximum Gasteiger partial charge on any atom is 0.204 e. The number of aliphatic imine (C=N–C) groups is 2. The second-order valence-corrected chi connectivity index (χ2v) is 15.8. The highest BCUT2D eigenvalue weighted by atomic mass is 15.3. The van der Waals surface area contributed by atoms with E-state index in [1.807, 2.05) is 12.1 Å². The number of hydrogen-bond donors (Lipinski definition) is 1. The molecular weight excluding hydrogens is 755 g/mol. The van der Waals surface area contributed by atoms with Gasteiger partial charge in [-0.2, -0.15) is 0 Å². The number of benzene rings is 9. The van der Waals surface area contributed by atoms with Gasteiger partial charge in [-0.25, -0.2) is 9.98 Å². The largest absolute Gasteiger partial charge is 0.331 e. The Labute approximate surface area is 359 Å². The first kappa shape index (κ1) is 35.6. The molecule has 3 heterocycles. The molecule has 0 saturated heterocycles. The predicted octanol–water partition coefficient (Wildman–Crippen LogP) is 13.8. The van der Waals surface area contributed by atoms with Gasteiger partial charge in [0.15, 0.2) is 5.84 Å². The van der Waals surface area contributed by atoms with Crippen LogP contribution >= 0.6 is 0 Å². The van der Waals surface area contributed by atoms with Gasteiger partial charge in [-0.05, 0) is 40.5 Å². The van der Waals surface area contributed by atoms with E-state index in [2.05, 4.69) is 227 Å². The number of fused-ring (bicyclic) bond motifs is 7. The minimum atomic E-state index is -0.499. The Bertz CT molecular complexity index is 3450. The van der Waals surface area contributed by atoms with Crippen molar-refractivity contribution in [2.45, 2.75) is 6.29 Å². The molecule has 1 N–H and O–H groups in total. The summed E-state index contributed by atoms with van der Waals surface area (Å²) in [6.07, 6.45) is -0.499. The molecule has 0 radical (unpaired) electrons. The van der Waals surface area contributed by atoms with Crippen LogP contribution in [0.4, 0.5) is 0 Å². The normalized spacial score (nSPS) is 14.0. The number of nitrogens with one attached hydrogen (secondary N) is 1. The highest BCUT2D eigenvalue weighted by Gasteiger charge is 2.28. The minimum Gasteiger partial charge on any atom is -0.331 e. The zero-order valence-electron chi connectivity index (χ0n) is 33.7. The van der Waals surface area contributed by atoms with Crippen molar-refractivity contribution in [3.8, 4) is 39.1 Å². The first-order valence-electron chi connectivity index (χ1n) is 21.1. The van der Waals surface area contributed by atoms with Gasteiger partial charge in [0.25, 0.3) is 0 Å². The molecule has 0 aliphatic carbocycles. The molecule has 2 aromatic heterocycles. The third-order valence-corrected chi connectivity index (χ3v) is 12.2. The molecule has 11 aromatic rings. The molecular formula is C57H39N5. The number of rotatable bonds is 7. The number of para-hydroxylation sites is 3. The van der Waals surface area contributed by atoms with Crippen molar-refractivity contribution < 1.29 is 0 Å². The van der Waals surface area contributed by atoms with E-state index in [-0.39, 0.29) is 0 Å². The number of nitrogens with zero attached hydrogens (tertiary/aromatic N) is 4.